The number of amides is 4. The van der Waals surface area contributed by atoms with Gasteiger partial charge in [-0.05, 0) is 77.6 Å². The van der Waals surface area contributed by atoms with Gasteiger partial charge in [0.25, 0.3) is 11.8 Å². The van der Waals surface area contributed by atoms with E-state index < -0.39 is 76.8 Å². The van der Waals surface area contributed by atoms with E-state index in [-0.39, 0.29) is 30.8 Å². The normalized spacial score (nSPS) is 26.9. The van der Waals surface area contributed by atoms with E-state index in [0.717, 1.165) is 15.3 Å². The van der Waals surface area contributed by atoms with Gasteiger partial charge in [0.05, 0.1) is 35.3 Å². The van der Waals surface area contributed by atoms with Crippen molar-refractivity contribution in [3.05, 3.63) is 119 Å². The van der Waals surface area contributed by atoms with Crippen LogP contribution in [0.15, 0.2) is 96.6 Å². The molecule has 8 rings (SSSR count). The number of halogens is 2. The van der Waals surface area contributed by atoms with Gasteiger partial charge in [0, 0.05) is 23.0 Å². The number of nitrogens with zero attached hydrogens (tertiary/aromatic N) is 2. The predicted octanol–water partition coefficient (Wildman–Crippen LogP) is 5.80. The number of hydrogen-bond acceptors (Lipinski definition) is 7. The molecule has 1 saturated carbocycles. The van der Waals surface area contributed by atoms with Crippen LogP contribution in [0.3, 0.4) is 0 Å². The molecule has 10 nitrogen and oxygen atoms in total. The van der Waals surface area contributed by atoms with Crippen LogP contribution in [0.2, 0.25) is 5.02 Å². The minimum absolute atomic E-state index is 0.00954. The van der Waals surface area contributed by atoms with Crippen LogP contribution in [0.25, 0.3) is 10.8 Å². The van der Waals surface area contributed by atoms with Crippen LogP contribution in [0.5, 0.6) is 5.75 Å². The minimum atomic E-state index is -1.67. The van der Waals surface area contributed by atoms with E-state index >= 15 is 4.79 Å². The summed E-state index contributed by atoms with van der Waals surface area (Å²) in [5, 5.41) is 23.9. The van der Waals surface area contributed by atoms with E-state index in [1.54, 1.807) is 36.4 Å². The fourth-order valence-corrected chi connectivity index (χ4v) is 9.18. The van der Waals surface area contributed by atoms with Crippen molar-refractivity contribution in [1.82, 2.24) is 9.91 Å². The first-order valence-corrected chi connectivity index (χ1v) is 17.0. The highest BCUT2D eigenvalue weighted by Gasteiger charge is 2.70. The third-order valence-corrected chi connectivity index (χ3v) is 11.4. The number of allylic oxidation sites excluding steroid dienone is 2. The molecule has 0 bridgehead atoms. The molecule has 258 valence electrons. The Kier molecular flexibility index (Phi) is 7.71. The highest BCUT2D eigenvalue weighted by Crippen LogP contribution is 2.65. The summed E-state index contributed by atoms with van der Waals surface area (Å²) in [7, 11) is 0. The monoisotopic (exact) mass is 707 g/mol. The molecule has 2 aliphatic carbocycles. The molecule has 12 heteroatoms. The van der Waals surface area contributed by atoms with Crippen LogP contribution in [0.1, 0.15) is 36.3 Å². The Labute approximate surface area is 296 Å². The van der Waals surface area contributed by atoms with Crippen molar-refractivity contribution >= 4 is 57.7 Å². The third-order valence-electron chi connectivity index (χ3n) is 11.1. The number of anilines is 1. The number of phenols is 1. The van der Waals surface area contributed by atoms with Gasteiger partial charge in [-0.2, -0.15) is 5.01 Å². The van der Waals surface area contributed by atoms with Gasteiger partial charge in [-0.25, -0.2) is 4.39 Å². The summed E-state index contributed by atoms with van der Waals surface area (Å²) < 4.78 is 13.9. The lowest BCUT2D eigenvalue weighted by Crippen LogP contribution is -2.53. The van der Waals surface area contributed by atoms with Gasteiger partial charge < -0.3 is 10.2 Å². The lowest BCUT2D eigenvalue weighted by molar-refractivity contribution is -0.143. The maximum atomic E-state index is 15.3. The Bertz CT molecular complexity index is 2190. The second-order valence-electron chi connectivity index (χ2n) is 13.6. The summed E-state index contributed by atoms with van der Waals surface area (Å²) >= 11 is 6.35. The number of aromatic hydroxyl groups is 1. The van der Waals surface area contributed by atoms with E-state index in [4.69, 9.17) is 11.6 Å². The Hall–Kier alpha value is -5.55. The summed E-state index contributed by atoms with van der Waals surface area (Å²) in [6, 6.07) is 22.5. The van der Waals surface area contributed by atoms with E-state index in [1.807, 2.05) is 30.3 Å². The number of hydrazine groups is 1. The average molecular weight is 708 g/mol. The van der Waals surface area contributed by atoms with Gasteiger partial charge in [-0.15, -0.1) is 0 Å². The standard InChI is InChI=1S/C39H31ClFN3O7/c40-22-8-6-21(7-9-22)39-29(36(49)44(38(39)51)42-24-12-10-23(41)11-13-24)19-28-26(34(39)33-25-4-2-1-3-20(25)5-16-30(33)45)14-15-27-32(28)37(50)43(35(27)48)18-17-31(46)47/h1-14,16,27-29,32,34,42,45H,15,17-19H2,(H,46,47)/t27-,28+,29-,32-,34+,39+/m0/s1. The lowest BCUT2D eigenvalue weighted by Gasteiger charge is -2.51. The first-order chi connectivity index (χ1) is 24.5. The molecule has 0 spiro atoms. The molecule has 6 atom stereocenters. The second kappa shape index (κ2) is 12.1. The summed E-state index contributed by atoms with van der Waals surface area (Å²) in [6.07, 6.45) is 1.61. The van der Waals surface area contributed by atoms with Gasteiger partial charge in [0.15, 0.2) is 0 Å². The van der Waals surface area contributed by atoms with Crippen LogP contribution in [0, 0.1) is 29.5 Å². The summed E-state index contributed by atoms with van der Waals surface area (Å²) in [4.78, 5) is 70.3. The number of carboxylic acids is 1. The zero-order valence-electron chi connectivity index (χ0n) is 27.0. The van der Waals surface area contributed by atoms with E-state index in [0.29, 0.717) is 27.1 Å². The first kappa shape index (κ1) is 32.6. The van der Waals surface area contributed by atoms with Crippen LogP contribution in [-0.4, -0.2) is 56.3 Å². The number of carbonyl (C=O) groups excluding carboxylic acids is 4. The van der Waals surface area contributed by atoms with Crippen molar-refractivity contribution in [3.63, 3.8) is 0 Å². The molecule has 4 aliphatic rings. The summed E-state index contributed by atoms with van der Waals surface area (Å²) in [6.45, 7) is -0.277. The number of carboxylic acid groups (broad SMARTS) is 1. The molecule has 3 fully saturated rings. The van der Waals surface area contributed by atoms with E-state index in [9.17, 15) is 33.8 Å². The molecule has 4 aromatic rings. The molecule has 51 heavy (non-hydrogen) atoms. The highest BCUT2D eigenvalue weighted by molar-refractivity contribution is 6.30. The number of likely N-dealkylation sites (tertiary alicyclic amines) is 1. The number of phenolic OH excluding ortho intramolecular Hbond substituents is 1. The molecule has 3 N–H and O–H groups in total. The topological polar surface area (TPSA) is 144 Å². The number of benzene rings is 4. The molecule has 2 saturated heterocycles. The number of hydrogen-bond donors (Lipinski definition) is 3. The molecule has 2 heterocycles. The fourth-order valence-electron chi connectivity index (χ4n) is 9.05. The number of fused-ring (bicyclic) bond motifs is 5. The summed E-state index contributed by atoms with van der Waals surface area (Å²) in [5.74, 6) is -8.43. The van der Waals surface area contributed by atoms with Crippen LogP contribution in [-0.2, 0) is 29.4 Å². The molecular formula is C39H31ClFN3O7. The number of nitrogens with one attached hydrogen (secondary N) is 1. The number of rotatable bonds is 7. The average Bonchev–Trinajstić information content (AvgIpc) is 3.49. The number of imide groups is 2. The first-order valence-electron chi connectivity index (χ1n) is 16.7. The molecule has 0 aromatic heterocycles. The van der Waals surface area contributed by atoms with E-state index in [1.165, 1.54) is 24.3 Å². The van der Waals surface area contributed by atoms with Crippen molar-refractivity contribution < 1.29 is 38.6 Å². The molecule has 0 unspecified atom stereocenters. The van der Waals surface area contributed by atoms with Crippen molar-refractivity contribution in [2.24, 2.45) is 23.7 Å². The smallest absolute Gasteiger partial charge is 0.305 e. The minimum Gasteiger partial charge on any atom is -0.508 e. The van der Waals surface area contributed by atoms with Gasteiger partial charge in [-0.1, -0.05) is 65.7 Å². The molecular weight excluding hydrogens is 677 g/mol. The SMILES string of the molecule is O=C(O)CCN1C(=O)[C@H]2[C@H](CC=C3[C@H]2C[C@H]2C(=O)N(Nc4ccc(F)cc4)C(=O)[C@@]2(c2ccc(Cl)cc2)[C@H]3c2c(O)ccc3ccccc23)C1=O. The number of aliphatic carboxylic acids is 1. The van der Waals surface area contributed by atoms with Crippen molar-refractivity contribution in [1.29, 1.82) is 0 Å². The molecule has 2 aliphatic heterocycles. The van der Waals surface area contributed by atoms with E-state index in [2.05, 4.69) is 5.43 Å². The third kappa shape index (κ3) is 4.85. The zero-order chi connectivity index (χ0) is 35.8. The van der Waals surface area contributed by atoms with Crippen molar-refractivity contribution in [3.8, 4) is 5.75 Å². The molecule has 4 aromatic carbocycles. The predicted molar refractivity (Wildman–Crippen MR) is 184 cm³/mol. The van der Waals surface area contributed by atoms with Crippen LogP contribution in [0.4, 0.5) is 10.1 Å². The summed E-state index contributed by atoms with van der Waals surface area (Å²) in [5.41, 5.74) is 3.03. The van der Waals surface area contributed by atoms with Gasteiger partial charge >= 0.3 is 5.97 Å². The largest absolute Gasteiger partial charge is 0.508 e. The van der Waals surface area contributed by atoms with Crippen LogP contribution >= 0.6 is 11.6 Å². The maximum absolute atomic E-state index is 15.3. The zero-order valence-corrected chi connectivity index (χ0v) is 27.7. The quantitative estimate of drug-likeness (QED) is 0.162. The molecule has 0 radical (unpaired) electrons. The Morgan fingerprint density at radius 1 is 0.902 bits per heavy atom. The second-order valence-corrected chi connectivity index (χ2v) is 14.0. The van der Waals surface area contributed by atoms with Gasteiger partial charge in [-0.3, -0.25) is 34.3 Å². The highest BCUT2D eigenvalue weighted by atomic mass is 35.5. The maximum Gasteiger partial charge on any atom is 0.305 e. The van der Waals surface area contributed by atoms with Crippen LogP contribution < -0.4 is 5.43 Å². The Morgan fingerprint density at radius 3 is 2.35 bits per heavy atom. The van der Waals surface area contributed by atoms with Gasteiger partial charge in [0.2, 0.25) is 11.8 Å². The fraction of sp³-hybridized carbons (Fsp3) is 0.256. The lowest BCUT2D eigenvalue weighted by atomic mass is 9.48. The van der Waals surface area contributed by atoms with Crippen molar-refractivity contribution in [2.45, 2.75) is 30.6 Å². The Balaban J connectivity index is 1.38. The van der Waals surface area contributed by atoms with Gasteiger partial charge in [0.1, 0.15) is 11.6 Å². The Morgan fingerprint density at radius 2 is 1.63 bits per heavy atom. The number of carbonyl (C=O) groups is 5. The molecule has 4 amide bonds. The van der Waals surface area contributed by atoms with Crippen molar-refractivity contribution in [2.75, 3.05) is 12.0 Å².